The second-order valence-corrected chi connectivity index (χ2v) is 6.83. The van der Waals surface area contributed by atoms with Crippen molar-refractivity contribution in [3.8, 4) is 0 Å². The molecular weight excluding hydrogens is 372 g/mol. The van der Waals surface area contributed by atoms with Crippen molar-refractivity contribution in [2.75, 3.05) is 0 Å². The van der Waals surface area contributed by atoms with Gasteiger partial charge in [-0.2, -0.15) is 0 Å². The van der Waals surface area contributed by atoms with Gasteiger partial charge in [0.1, 0.15) is 5.84 Å². The normalized spacial score (nSPS) is 16.6. The standard InChI is InChI=1S/C22H17BrN2/c23-19-13-11-18(12-14-19)22-24-20(16-7-3-1-4-8-16)15-21(25-22)17-9-5-2-6-10-17/h1-15,20H,(H,24,25). The minimum Gasteiger partial charge on any atom is -0.340 e. The number of hydrogen-bond donors (Lipinski definition) is 1. The summed E-state index contributed by atoms with van der Waals surface area (Å²) in [4.78, 5) is 4.94. The third kappa shape index (κ3) is 3.57. The number of hydrogen-bond acceptors (Lipinski definition) is 2. The number of halogens is 1. The first-order valence-corrected chi connectivity index (χ1v) is 9.02. The van der Waals surface area contributed by atoms with Crippen LogP contribution in [-0.4, -0.2) is 5.84 Å². The molecule has 3 aromatic rings. The summed E-state index contributed by atoms with van der Waals surface area (Å²) in [5, 5.41) is 3.50. The molecule has 4 rings (SSSR count). The van der Waals surface area contributed by atoms with Crippen molar-refractivity contribution in [2.24, 2.45) is 4.99 Å². The van der Waals surface area contributed by atoms with Crippen molar-refractivity contribution in [1.82, 2.24) is 5.32 Å². The van der Waals surface area contributed by atoms with E-state index in [2.05, 4.69) is 88.0 Å². The first kappa shape index (κ1) is 15.9. The number of rotatable bonds is 3. The summed E-state index contributed by atoms with van der Waals surface area (Å²) in [7, 11) is 0. The monoisotopic (exact) mass is 388 g/mol. The second kappa shape index (κ2) is 7.08. The summed E-state index contributed by atoms with van der Waals surface area (Å²) in [6.45, 7) is 0. The van der Waals surface area contributed by atoms with E-state index in [0.717, 1.165) is 27.1 Å². The van der Waals surface area contributed by atoms with E-state index in [-0.39, 0.29) is 6.04 Å². The average Bonchev–Trinajstić information content (AvgIpc) is 2.69. The van der Waals surface area contributed by atoms with Crippen LogP contribution in [-0.2, 0) is 0 Å². The average molecular weight is 389 g/mol. The van der Waals surface area contributed by atoms with Crippen LogP contribution in [0.5, 0.6) is 0 Å². The molecule has 0 radical (unpaired) electrons. The Bertz CT molecular complexity index is 913. The zero-order valence-electron chi connectivity index (χ0n) is 13.6. The van der Waals surface area contributed by atoms with Crippen LogP contribution in [0.4, 0.5) is 0 Å². The molecule has 0 aromatic heterocycles. The molecule has 1 unspecified atom stereocenters. The molecule has 1 heterocycles. The first-order chi connectivity index (χ1) is 12.3. The van der Waals surface area contributed by atoms with Crippen LogP contribution in [0.3, 0.4) is 0 Å². The Balaban J connectivity index is 1.77. The number of nitrogens with zero attached hydrogens (tertiary/aromatic N) is 1. The fourth-order valence-corrected chi connectivity index (χ4v) is 3.16. The fourth-order valence-electron chi connectivity index (χ4n) is 2.90. The van der Waals surface area contributed by atoms with Crippen LogP contribution >= 0.6 is 15.9 Å². The number of amidine groups is 1. The van der Waals surface area contributed by atoms with Crippen molar-refractivity contribution in [2.45, 2.75) is 6.04 Å². The Morgan fingerprint density at radius 3 is 2.04 bits per heavy atom. The summed E-state index contributed by atoms with van der Waals surface area (Å²) in [6.07, 6.45) is 2.19. The van der Waals surface area contributed by atoms with Gasteiger partial charge in [-0.15, -0.1) is 0 Å². The Labute approximate surface area is 156 Å². The Kier molecular flexibility index (Phi) is 4.49. The molecule has 1 N–H and O–H groups in total. The molecule has 3 heteroatoms. The second-order valence-electron chi connectivity index (χ2n) is 5.91. The van der Waals surface area contributed by atoms with Gasteiger partial charge in [-0.25, -0.2) is 0 Å². The Morgan fingerprint density at radius 2 is 1.36 bits per heavy atom. The lowest BCUT2D eigenvalue weighted by atomic mass is 10.0. The van der Waals surface area contributed by atoms with Gasteiger partial charge in [-0.3, -0.25) is 4.99 Å². The van der Waals surface area contributed by atoms with E-state index in [1.807, 2.05) is 24.3 Å². The molecule has 1 atom stereocenters. The number of benzene rings is 3. The quantitative estimate of drug-likeness (QED) is 0.621. The van der Waals surface area contributed by atoms with Crippen molar-refractivity contribution < 1.29 is 0 Å². The molecule has 1 aliphatic rings. The van der Waals surface area contributed by atoms with E-state index >= 15 is 0 Å². The van der Waals surface area contributed by atoms with Gasteiger partial charge in [0.25, 0.3) is 0 Å². The van der Waals surface area contributed by atoms with E-state index in [4.69, 9.17) is 4.99 Å². The minimum atomic E-state index is -0.00342. The zero-order chi connectivity index (χ0) is 17.1. The molecule has 0 bridgehead atoms. The minimum absolute atomic E-state index is 0.00342. The Hall–Kier alpha value is -2.65. The van der Waals surface area contributed by atoms with Gasteiger partial charge in [0.2, 0.25) is 0 Å². The highest BCUT2D eigenvalue weighted by molar-refractivity contribution is 9.10. The maximum atomic E-state index is 4.94. The molecule has 3 aromatic carbocycles. The topological polar surface area (TPSA) is 24.4 Å². The predicted molar refractivity (Wildman–Crippen MR) is 107 cm³/mol. The van der Waals surface area contributed by atoms with Crippen molar-refractivity contribution in [3.05, 3.63) is 112 Å². The van der Waals surface area contributed by atoms with Crippen LogP contribution in [0.2, 0.25) is 0 Å². The van der Waals surface area contributed by atoms with Gasteiger partial charge in [-0.05, 0) is 29.3 Å². The molecule has 0 fully saturated rings. The van der Waals surface area contributed by atoms with E-state index in [0.29, 0.717) is 0 Å². The van der Waals surface area contributed by atoms with Crippen molar-refractivity contribution >= 4 is 27.5 Å². The summed E-state index contributed by atoms with van der Waals surface area (Å²) >= 11 is 3.49. The molecule has 122 valence electrons. The summed E-state index contributed by atoms with van der Waals surface area (Å²) in [5.41, 5.74) is 4.51. The van der Waals surface area contributed by atoms with Gasteiger partial charge >= 0.3 is 0 Å². The van der Waals surface area contributed by atoms with Gasteiger partial charge < -0.3 is 5.32 Å². The molecule has 0 aliphatic carbocycles. The predicted octanol–water partition coefficient (Wildman–Crippen LogP) is 5.58. The van der Waals surface area contributed by atoms with Crippen LogP contribution in [0.25, 0.3) is 5.70 Å². The van der Waals surface area contributed by atoms with Crippen LogP contribution in [0, 0.1) is 0 Å². The molecule has 1 aliphatic heterocycles. The van der Waals surface area contributed by atoms with Gasteiger partial charge in [0.05, 0.1) is 6.04 Å². The highest BCUT2D eigenvalue weighted by Gasteiger charge is 2.18. The molecule has 0 spiro atoms. The van der Waals surface area contributed by atoms with Crippen molar-refractivity contribution in [3.63, 3.8) is 0 Å². The largest absolute Gasteiger partial charge is 0.340 e. The fraction of sp³-hybridized carbons (Fsp3) is 0.0455. The lowest BCUT2D eigenvalue weighted by Gasteiger charge is -2.23. The van der Waals surface area contributed by atoms with Gasteiger partial charge in [0.15, 0.2) is 0 Å². The lowest BCUT2D eigenvalue weighted by molar-refractivity contribution is 0.880. The highest BCUT2D eigenvalue weighted by atomic mass is 79.9. The smallest absolute Gasteiger partial charge is 0.133 e. The number of aliphatic imine (C=N–C) groups is 1. The van der Waals surface area contributed by atoms with Gasteiger partial charge in [-0.1, -0.05) is 88.7 Å². The maximum absolute atomic E-state index is 4.94. The van der Waals surface area contributed by atoms with Crippen molar-refractivity contribution in [1.29, 1.82) is 0 Å². The molecule has 0 saturated heterocycles. The Morgan fingerprint density at radius 1 is 0.720 bits per heavy atom. The molecule has 25 heavy (non-hydrogen) atoms. The van der Waals surface area contributed by atoms with Gasteiger partial charge in [0, 0.05) is 15.7 Å². The zero-order valence-corrected chi connectivity index (χ0v) is 15.1. The summed E-state index contributed by atoms with van der Waals surface area (Å²) < 4.78 is 1.06. The van der Waals surface area contributed by atoms with Crippen LogP contribution in [0.1, 0.15) is 22.7 Å². The summed E-state index contributed by atoms with van der Waals surface area (Å²) in [6, 6.07) is 29.0. The third-order valence-electron chi connectivity index (χ3n) is 4.19. The third-order valence-corrected chi connectivity index (χ3v) is 4.72. The number of nitrogens with one attached hydrogen (secondary N) is 1. The van der Waals surface area contributed by atoms with Crippen LogP contribution in [0.15, 0.2) is 100 Å². The molecule has 0 amide bonds. The first-order valence-electron chi connectivity index (χ1n) is 8.22. The van der Waals surface area contributed by atoms with E-state index in [9.17, 15) is 0 Å². The highest BCUT2D eigenvalue weighted by Crippen LogP contribution is 2.28. The SMILES string of the molecule is Brc1ccc(C2=NC(c3ccccc3)C=C(c3ccccc3)N2)cc1. The van der Waals surface area contributed by atoms with Crippen LogP contribution < -0.4 is 5.32 Å². The molecule has 2 nitrogen and oxygen atoms in total. The molecular formula is C22H17BrN2. The lowest BCUT2D eigenvalue weighted by Crippen LogP contribution is -2.27. The van der Waals surface area contributed by atoms with E-state index in [1.165, 1.54) is 5.56 Å². The van der Waals surface area contributed by atoms with E-state index < -0.39 is 0 Å². The van der Waals surface area contributed by atoms with E-state index in [1.54, 1.807) is 0 Å². The summed E-state index contributed by atoms with van der Waals surface area (Å²) in [5.74, 6) is 0.891. The molecule has 0 saturated carbocycles. The maximum Gasteiger partial charge on any atom is 0.133 e.